The van der Waals surface area contributed by atoms with Crippen LogP contribution < -0.4 is 53.6 Å². The van der Waals surface area contributed by atoms with Gasteiger partial charge in [0.1, 0.15) is 47.8 Å². The van der Waals surface area contributed by atoms with Crippen molar-refractivity contribution in [3.05, 3.63) is 144 Å². The molecule has 0 aromatic heterocycles. The summed E-state index contributed by atoms with van der Waals surface area (Å²) < 4.78 is 0. The summed E-state index contributed by atoms with van der Waals surface area (Å²) in [6, 6.07) is 27.0. The van der Waals surface area contributed by atoms with Crippen molar-refractivity contribution in [3.8, 4) is 0 Å². The summed E-state index contributed by atoms with van der Waals surface area (Å²) in [4.78, 5) is 173. The maximum atomic E-state index is 15.9. The van der Waals surface area contributed by atoms with Crippen molar-refractivity contribution >= 4 is 72.0 Å². The SMILES string of the molecule is CC(C)C[C@H](NC(=O)[C@H](CCCNC=O)NC(=O)[C@@H](NC(=O)C1(NC(=O)[C@H]2CCCN2C(=O)[C@H](CC(C)C)NC(=O)[C@H](CCCNC=O)NC(=O)[C@@H](N)C(C)C)[C@H](c2ccccc2)[C@H]1c1ccccc1)C(C)C)C(=O)N1CCC[C@@H]1C(=O)NC1(C(=O)O)[C@H](c2ccccc2)[C@H]1c1ccccc1. The lowest BCUT2D eigenvalue weighted by Gasteiger charge is -2.33. The number of benzene rings is 4. The molecule has 2 saturated heterocycles. The van der Waals surface area contributed by atoms with Gasteiger partial charge in [0.05, 0.1) is 6.04 Å². The molecule has 12 N–H and O–H groups in total. The molecule has 4 fully saturated rings. The monoisotopic (exact) mass is 1390 g/mol. The Morgan fingerprint density at radius 2 is 0.822 bits per heavy atom. The van der Waals surface area contributed by atoms with Gasteiger partial charge in [0.25, 0.3) is 0 Å². The van der Waals surface area contributed by atoms with Crippen LogP contribution in [0, 0.1) is 23.7 Å². The Labute approximate surface area is 591 Å². The van der Waals surface area contributed by atoms with E-state index in [1.54, 1.807) is 27.7 Å². The third-order valence-corrected chi connectivity index (χ3v) is 20.1. The van der Waals surface area contributed by atoms with Crippen LogP contribution in [-0.2, 0) is 57.5 Å². The zero-order valence-corrected chi connectivity index (χ0v) is 59.2. The molecule has 0 unspecified atom stereocenters. The fraction of sp³-hybridized carbons (Fsp3) is 0.526. The van der Waals surface area contributed by atoms with E-state index in [4.69, 9.17) is 5.73 Å². The van der Waals surface area contributed by atoms with E-state index in [1.807, 2.05) is 149 Å². The predicted molar refractivity (Wildman–Crippen MR) is 378 cm³/mol. The topological polar surface area (TPSA) is 366 Å². The number of nitrogens with one attached hydrogen (secondary N) is 9. The number of amides is 11. The number of nitrogens with two attached hydrogens (primary N) is 1. The molecule has 0 bridgehead atoms. The van der Waals surface area contributed by atoms with Gasteiger partial charge in [-0.25, -0.2) is 4.79 Å². The first-order chi connectivity index (χ1) is 48.3. The van der Waals surface area contributed by atoms with E-state index in [0.717, 1.165) is 11.1 Å². The Morgan fingerprint density at radius 1 is 0.475 bits per heavy atom. The van der Waals surface area contributed by atoms with Crippen molar-refractivity contribution in [2.24, 2.45) is 29.4 Å². The van der Waals surface area contributed by atoms with Crippen LogP contribution in [-0.4, -0.2) is 172 Å². The lowest BCUT2D eigenvalue weighted by molar-refractivity contribution is -0.146. The first-order valence-electron chi connectivity index (χ1n) is 35.6. The van der Waals surface area contributed by atoms with Gasteiger partial charge in [0.2, 0.25) is 66.0 Å². The molecule has 544 valence electrons. The first-order valence-corrected chi connectivity index (χ1v) is 35.6. The molecule has 11 amide bonds. The first kappa shape index (κ1) is 77.2. The van der Waals surface area contributed by atoms with Crippen LogP contribution in [0.2, 0.25) is 0 Å². The number of carboxylic acid groups (broad SMARTS) is 1. The number of carbonyl (C=O) groups excluding carboxylic acids is 11. The van der Waals surface area contributed by atoms with Gasteiger partial charge in [-0.15, -0.1) is 0 Å². The van der Waals surface area contributed by atoms with Gasteiger partial charge in [-0.1, -0.05) is 177 Å². The van der Waals surface area contributed by atoms with Crippen molar-refractivity contribution < 1.29 is 62.6 Å². The maximum absolute atomic E-state index is 15.9. The molecule has 0 radical (unpaired) electrons. The fourth-order valence-corrected chi connectivity index (χ4v) is 14.8. The van der Waals surface area contributed by atoms with Crippen molar-refractivity contribution in [1.82, 2.24) is 57.7 Å². The molecule has 4 aliphatic rings. The minimum Gasteiger partial charge on any atom is -0.479 e. The highest BCUT2D eigenvalue weighted by atomic mass is 16.4. The molecule has 2 heterocycles. The summed E-state index contributed by atoms with van der Waals surface area (Å²) in [5.74, 6) is -11.1. The summed E-state index contributed by atoms with van der Waals surface area (Å²) in [6.07, 6.45) is 3.04. The fourth-order valence-electron chi connectivity index (χ4n) is 14.8. The average molecular weight is 1390 g/mol. The summed E-state index contributed by atoms with van der Waals surface area (Å²) >= 11 is 0. The van der Waals surface area contributed by atoms with Crippen LogP contribution >= 0.6 is 0 Å². The van der Waals surface area contributed by atoms with Crippen LogP contribution in [0.3, 0.4) is 0 Å². The quantitative estimate of drug-likeness (QED) is 0.0224. The highest BCUT2D eigenvalue weighted by molar-refractivity contribution is 6.04. The highest BCUT2D eigenvalue weighted by Crippen LogP contribution is 2.65. The van der Waals surface area contributed by atoms with Crippen LogP contribution in [0.15, 0.2) is 121 Å². The van der Waals surface area contributed by atoms with Gasteiger partial charge in [-0.05, 0) is 110 Å². The van der Waals surface area contributed by atoms with E-state index < -0.39 is 148 Å². The molecule has 2 aliphatic carbocycles. The Bertz CT molecular complexity index is 3450. The smallest absolute Gasteiger partial charge is 0.330 e. The van der Waals surface area contributed by atoms with Crippen LogP contribution in [0.1, 0.15) is 166 Å². The van der Waals surface area contributed by atoms with Crippen molar-refractivity contribution in [2.75, 3.05) is 26.2 Å². The van der Waals surface area contributed by atoms with E-state index in [2.05, 4.69) is 47.9 Å². The Morgan fingerprint density at radius 3 is 1.16 bits per heavy atom. The number of carbonyl (C=O) groups is 12. The van der Waals surface area contributed by atoms with Gasteiger partial charge in [0, 0.05) is 49.9 Å². The number of hydrogen-bond acceptors (Lipinski definition) is 13. The molecular weight excluding hydrogens is 1290 g/mol. The lowest BCUT2D eigenvalue weighted by Crippen LogP contribution is -2.62. The zero-order chi connectivity index (χ0) is 73.3. The van der Waals surface area contributed by atoms with Gasteiger partial charge in [0.15, 0.2) is 5.54 Å². The van der Waals surface area contributed by atoms with E-state index in [-0.39, 0.29) is 88.9 Å². The predicted octanol–water partition coefficient (Wildman–Crippen LogP) is 4.13. The Kier molecular flexibility index (Phi) is 26.9. The van der Waals surface area contributed by atoms with Crippen molar-refractivity contribution in [3.63, 3.8) is 0 Å². The second kappa shape index (κ2) is 35.2. The third kappa shape index (κ3) is 18.3. The second-order valence-electron chi connectivity index (χ2n) is 28.9. The van der Waals surface area contributed by atoms with Gasteiger partial charge < -0.3 is 68.5 Å². The number of rotatable bonds is 37. The summed E-state index contributed by atoms with van der Waals surface area (Å²) in [6.45, 7) is 15.0. The normalized spacial score (nSPS) is 23.1. The Balaban J connectivity index is 1.04. The molecule has 0 spiro atoms. The Hall–Kier alpha value is -9.52. The zero-order valence-electron chi connectivity index (χ0n) is 59.2. The van der Waals surface area contributed by atoms with Gasteiger partial charge >= 0.3 is 5.97 Å². The highest BCUT2D eigenvalue weighted by Gasteiger charge is 2.73. The van der Waals surface area contributed by atoms with Crippen LogP contribution in [0.25, 0.3) is 0 Å². The molecule has 4 aromatic rings. The summed E-state index contributed by atoms with van der Waals surface area (Å²) in [7, 11) is 0. The van der Waals surface area contributed by atoms with Crippen molar-refractivity contribution in [1.29, 1.82) is 0 Å². The number of nitrogens with zero attached hydrogens (tertiary/aromatic N) is 2. The molecule has 25 heteroatoms. The third-order valence-electron chi connectivity index (χ3n) is 20.1. The molecular formula is C76H102N12O13. The maximum Gasteiger partial charge on any atom is 0.330 e. The summed E-state index contributed by atoms with van der Waals surface area (Å²) in [5.41, 5.74) is 5.46. The van der Waals surface area contributed by atoms with Gasteiger partial charge in [-0.2, -0.15) is 0 Å². The van der Waals surface area contributed by atoms with Gasteiger partial charge in [-0.3, -0.25) is 52.7 Å². The van der Waals surface area contributed by atoms with Crippen LogP contribution in [0.5, 0.6) is 0 Å². The summed E-state index contributed by atoms with van der Waals surface area (Å²) in [5, 5.41) is 36.6. The van der Waals surface area contributed by atoms with E-state index in [0.29, 0.717) is 43.2 Å². The second-order valence-corrected chi connectivity index (χ2v) is 28.9. The molecule has 2 saturated carbocycles. The van der Waals surface area contributed by atoms with Crippen LogP contribution in [0.4, 0.5) is 0 Å². The lowest BCUT2D eigenvalue weighted by atomic mass is 9.98. The number of aliphatic carboxylic acids is 1. The molecule has 12 atom stereocenters. The average Bonchev–Trinajstić information content (AvgIpc) is 1.53. The minimum absolute atomic E-state index is 0.0498. The molecule has 4 aromatic carbocycles. The number of hydrogen-bond donors (Lipinski definition) is 11. The van der Waals surface area contributed by atoms with E-state index in [1.165, 1.54) is 9.80 Å². The van der Waals surface area contributed by atoms with Crippen molar-refractivity contribution in [2.45, 2.75) is 203 Å². The number of carboxylic acids is 1. The molecule has 25 nitrogen and oxygen atoms in total. The standard InChI is InChI=1S/C76H102N12O13/c1-45(2)41-55(82-65(91)53(33-21-37-78-43-89)80-69(95)63(77)47(5)6)71(97)87-39-23-35-57(87)67(93)85-75(59(49-25-13-9-14-26-49)60(75)50-27-15-10-16-28-50)73(99)84-64(48(7)8)70(96)81-54(34-22-38-79-44-90)66(92)83-56(42-46(3)4)72(98)88-40-24-36-58(88)68(94)86-76(74(100)101)61(51-29-17-11-18-30-51)62(76)52-31-19-12-20-32-52/h9-20,25-32,43-48,53-64H,21-24,33-42,77H2,1-8H3,(H,78,89)(H,79,90)(H,80,95)(H,81,96)(H,82,91)(H,83,92)(H,84,99)(H,85,93)(H,86,94)(H,100,101)/t53-,54-,55-,56-,57+,58+,59+,60+,61+,62+,63-,64-/m0/s1. The molecule has 2 aliphatic heterocycles. The van der Waals surface area contributed by atoms with E-state index >= 15 is 24.0 Å². The number of likely N-dealkylation sites (tertiary alicyclic amines) is 2. The largest absolute Gasteiger partial charge is 0.479 e. The molecule has 8 rings (SSSR count). The molecule has 101 heavy (non-hydrogen) atoms. The minimum atomic E-state index is -1.80. The van der Waals surface area contributed by atoms with E-state index in [9.17, 15) is 38.7 Å².